The Balaban J connectivity index is 2.00. The van der Waals surface area contributed by atoms with E-state index < -0.39 is 0 Å². The number of nitrogens with zero attached hydrogens (tertiary/aromatic N) is 2. The zero-order valence-electron chi connectivity index (χ0n) is 8.44. The molecule has 3 nitrogen and oxygen atoms in total. The van der Waals surface area contributed by atoms with Crippen LogP contribution >= 0.6 is 11.8 Å². The van der Waals surface area contributed by atoms with Crippen LogP contribution in [-0.2, 0) is 0 Å². The molecule has 1 atom stereocenters. The van der Waals surface area contributed by atoms with Crippen molar-refractivity contribution in [1.29, 1.82) is 5.26 Å². The van der Waals surface area contributed by atoms with Gasteiger partial charge in [-0.25, -0.2) is 4.98 Å². The fourth-order valence-electron chi connectivity index (χ4n) is 1.64. The summed E-state index contributed by atoms with van der Waals surface area (Å²) in [6.45, 7) is 0. The highest BCUT2D eigenvalue weighted by atomic mass is 32.2. The molecule has 1 aliphatic heterocycles. The number of nitriles is 1. The Morgan fingerprint density at radius 3 is 3.27 bits per heavy atom. The van der Waals surface area contributed by atoms with Crippen molar-refractivity contribution in [1.82, 2.24) is 4.98 Å². The fraction of sp³-hybridized carbons (Fsp3) is 0.455. The number of hydrogen-bond acceptors (Lipinski definition) is 4. The van der Waals surface area contributed by atoms with Crippen molar-refractivity contribution in [2.24, 2.45) is 0 Å². The fourth-order valence-corrected chi connectivity index (χ4v) is 2.71. The van der Waals surface area contributed by atoms with E-state index in [1.54, 1.807) is 18.3 Å². The van der Waals surface area contributed by atoms with Crippen LogP contribution in [-0.4, -0.2) is 22.5 Å². The van der Waals surface area contributed by atoms with Crippen LogP contribution in [0, 0.1) is 11.3 Å². The third-order valence-electron chi connectivity index (χ3n) is 2.40. The molecule has 1 fully saturated rings. The molecule has 1 unspecified atom stereocenters. The van der Waals surface area contributed by atoms with Crippen molar-refractivity contribution in [3.63, 3.8) is 0 Å². The normalized spacial score (nSPS) is 20.6. The van der Waals surface area contributed by atoms with E-state index in [0.29, 0.717) is 11.6 Å². The lowest BCUT2D eigenvalue weighted by Gasteiger charge is -2.22. The highest BCUT2D eigenvalue weighted by molar-refractivity contribution is 7.99. The highest BCUT2D eigenvalue weighted by Crippen LogP contribution is 2.20. The van der Waals surface area contributed by atoms with E-state index >= 15 is 0 Å². The van der Waals surface area contributed by atoms with Crippen molar-refractivity contribution in [3.8, 4) is 6.07 Å². The molecule has 4 heteroatoms. The van der Waals surface area contributed by atoms with Crippen LogP contribution in [0.2, 0.25) is 0 Å². The second-order valence-electron chi connectivity index (χ2n) is 3.60. The van der Waals surface area contributed by atoms with Gasteiger partial charge in [-0.05, 0) is 30.7 Å². The van der Waals surface area contributed by atoms with Crippen molar-refractivity contribution in [3.05, 3.63) is 23.9 Å². The predicted molar refractivity (Wildman–Crippen MR) is 62.9 cm³/mol. The maximum Gasteiger partial charge on any atom is 0.127 e. The van der Waals surface area contributed by atoms with Gasteiger partial charge in [-0.15, -0.1) is 0 Å². The molecule has 78 valence electrons. The van der Waals surface area contributed by atoms with Gasteiger partial charge >= 0.3 is 0 Å². The molecule has 0 bridgehead atoms. The number of anilines is 1. The number of thioether (sulfide) groups is 1. The number of pyridine rings is 1. The lowest BCUT2D eigenvalue weighted by Crippen LogP contribution is -2.26. The smallest absolute Gasteiger partial charge is 0.127 e. The summed E-state index contributed by atoms with van der Waals surface area (Å²) in [7, 11) is 0. The maximum absolute atomic E-state index is 8.76. The third kappa shape index (κ3) is 2.87. The van der Waals surface area contributed by atoms with Crippen molar-refractivity contribution in [2.75, 3.05) is 16.8 Å². The summed E-state index contributed by atoms with van der Waals surface area (Å²) in [5.41, 5.74) is 0.663. The molecule has 15 heavy (non-hydrogen) atoms. The topological polar surface area (TPSA) is 48.7 Å². The van der Waals surface area contributed by atoms with Crippen LogP contribution in [0.5, 0.6) is 0 Å². The Morgan fingerprint density at radius 1 is 1.60 bits per heavy atom. The Bertz CT molecular complexity index is 366. The predicted octanol–water partition coefficient (Wildman–Crippen LogP) is 2.26. The summed E-state index contributed by atoms with van der Waals surface area (Å²) < 4.78 is 0. The lowest BCUT2D eigenvalue weighted by atomic mass is 10.2. The van der Waals surface area contributed by atoms with E-state index in [2.05, 4.69) is 16.4 Å². The van der Waals surface area contributed by atoms with Gasteiger partial charge in [0.2, 0.25) is 0 Å². The zero-order chi connectivity index (χ0) is 10.5. The first-order chi connectivity index (χ1) is 7.38. The number of aromatic nitrogens is 1. The number of rotatable bonds is 2. The number of nitrogens with one attached hydrogen (secondary N) is 1. The molecule has 0 aromatic carbocycles. The van der Waals surface area contributed by atoms with Crippen LogP contribution in [0.4, 0.5) is 5.82 Å². The van der Waals surface area contributed by atoms with Crippen molar-refractivity contribution in [2.45, 2.75) is 18.9 Å². The minimum absolute atomic E-state index is 0.505. The standard InChI is InChI=1S/C11H13N3S/c12-7-9-3-4-13-11(6-9)14-10-2-1-5-15-8-10/h3-4,6,10H,1-2,5,8H2,(H,13,14). The molecule has 0 amide bonds. The summed E-state index contributed by atoms with van der Waals surface area (Å²) in [6, 6.07) is 6.15. The van der Waals surface area contributed by atoms with Crippen LogP contribution < -0.4 is 5.32 Å². The zero-order valence-corrected chi connectivity index (χ0v) is 9.26. The molecule has 0 saturated carbocycles. The molecule has 1 N–H and O–H groups in total. The van der Waals surface area contributed by atoms with E-state index in [4.69, 9.17) is 5.26 Å². The summed E-state index contributed by atoms with van der Waals surface area (Å²) in [6.07, 6.45) is 4.14. The first-order valence-corrected chi connectivity index (χ1v) is 6.24. The highest BCUT2D eigenvalue weighted by Gasteiger charge is 2.13. The second-order valence-corrected chi connectivity index (χ2v) is 4.75. The minimum atomic E-state index is 0.505. The van der Waals surface area contributed by atoms with E-state index in [0.717, 1.165) is 11.6 Å². The van der Waals surface area contributed by atoms with Gasteiger partial charge < -0.3 is 5.32 Å². The van der Waals surface area contributed by atoms with Crippen LogP contribution in [0.15, 0.2) is 18.3 Å². The van der Waals surface area contributed by atoms with Gasteiger partial charge in [0.05, 0.1) is 11.6 Å². The van der Waals surface area contributed by atoms with Crippen molar-refractivity contribution >= 4 is 17.6 Å². The molecule has 1 aromatic rings. The van der Waals surface area contributed by atoms with E-state index in [-0.39, 0.29) is 0 Å². The third-order valence-corrected chi connectivity index (χ3v) is 3.62. The second kappa shape index (κ2) is 5.04. The molecule has 1 aliphatic rings. The minimum Gasteiger partial charge on any atom is -0.366 e. The first kappa shape index (κ1) is 10.3. The maximum atomic E-state index is 8.76. The van der Waals surface area contributed by atoms with Crippen LogP contribution in [0.1, 0.15) is 18.4 Å². The largest absolute Gasteiger partial charge is 0.366 e. The Hall–Kier alpha value is -1.21. The van der Waals surface area contributed by atoms with Gasteiger partial charge in [-0.3, -0.25) is 0 Å². The Morgan fingerprint density at radius 2 is 2.53 bits per heavy atom. The monoisotopic (exact) mass is 219 g/mol. The molecular weight excluding hydrogens is 206 g/mol. The van der Waals surface area contributed by atoms with Gasteiger partial charge in [0.15, 0.2) is 0 Å². The lowest BCUT2D eigenvalue weighted by molar-refractivity contribution is 0.682. The van der Waals surface area contributed by atoms with Crippen LogP contribution in [0.3, 0.4) is 0 Å². The van der Waals surface area contributed by atoms with Gasteiger partial charge in [-0.1, -0.05) is 0 Å². The van der Waals surface area contributed by atoms with Gasteiger partial charge in [0.25, 0.3) is 0 Å². The summed E-state index contributed by atoms with van der Waals surface area (Å²) in [4.78, 5) is 4.21. The molecule has 0 aliphatic carbocycles. The van der Waals surface area contributed by atoms with Gasteiger partial charge in [0, 0.05) is 18.0 Å². The van der Waals surface area contributed by atoms with E-state index in [9.17, 15) is 0 Å². The molecule has 1 saturated heterocycles. The Kier molecular flexibility index (Phi) is 3.46. The van der Waals surface area contributed by atoms with Crippen LogP contribution in [0.25, 0.3) is 0 Å². The van der Waals surface area contributed by atoms with Crippen molar-refractivity contribution < 1.29 is 0 Å². The summed E-state index contributed by atoms with van der Waals surface area (Å²) in [5.74, 6) is 3.23. The van der Waals surface area contributed by atoms with E-state index in [1.165, 1.54) is 18.6 Å². The summed E-state index contributed by atoms with van der Waals surface area (Å²) in [5, 5.41) is 12.1. The molecule has 1 aromatic heterocycles. The average molecular weight is 219 g/mol. The molecular formula is C11H13N3S. The summed E-state index contributed by atoms with van der Waals surface area (Å²) >= 11 is 1.98. The molecule has 0 radical (unpaired) electrons. The quantitative estimate of drug-likeness (QED) is 0.829. The van der Waals surface area contributed by atoms with E-state index in [1.807, 2.05) is 11.8 Å². The molecule has 2 heterocycles. The average Bonchev–Trinajstić information content (AvgIpc) is 2.31. The first-order valence-electron chi connectivity index (χ1n) is 5.09. The SMILES string of the molecule is N#Cc1ccnc(NC2CCCSC2)c1. The molecule has 2 rings (SSSR count). The molecule has 0 spiro atoms. The Labute approximate surface area is 93.9 Å². The number of hydrogen-bond donors (Lipinski definition) is 1. The van der Waals surface area contributed by atoms with Gasteiger partial charge in [-0.2, -0.15) is 17.0 Å². The van der Waals surface area contributed by atoms with Gasteiger partial charge in [0.1, 0.15) is 5.82 Å².